The number of carbonyl (C=O) groups is 1. The Balaban J connectivity index is 1.10. The van der Waals surface area contributed by atoms with Crippen molar-refractivity contribution in [3.05, 3.63) is 89.5 Å². The Morgan fingerprint density at radius 2 is 1.62 bits per heavy atom. The number of hydrogen-bond acceptors (Lipinski definition) is 3. The molecule has 2 aliphatic rings. The van der Waals surface area contributed by atoms with Crippen LogP contribution in [0.25, 0.3) is 11.1 Å². The number of rotatable bonds is 5. The second-order valence-corrected chi connectivity index (χ2v) is 8.90. The number of piperidine rings is 1. The van der Waals surface area contributed by atoms with Gasteiger partial charge in [0.05, 0.1) is 0 Å². The van der Waals surface area contributed by atoms with E-state index < -0.39 is 6.09 Å². The number of amides is 1. The topological polar surface area (TPSA) is 41.6 Å². The van der Waals surface area contributed by atoms with Gasteiger partial charge in [-0.1, -0.05) is 66.4 Å². The largest absolute Gasteiger partial charge is 0.449 e. The molecule has 172 valence electrons. The zero-order valence-corrected chi connectivity index (χ0v) is 19.4. The van der Waals surface area contributed by atoms with E-state index in [1.807, 2.05) is 18.2 Å². The molecule has 4 nitrogen and oxygen atoms in total. The minimum absolute atomic E-state index is 0.0742. The molecule has 0 radical (unpaired) electrons. The highest BCUT2D eigenvalue weighted by Crippen LogP contribution is 2.44. The first kappa shape index (κ1) is 22.1. The van der Waals surface area contributed by atoms with Gasteiger partial charge in [-0.25, -0.2) is 4.79 Å². The van der Waals surface area contributed by atoms with Gasteiger partial charge in [-0.15, -0.1) is 0 Å². The van der Waals surface area contributed by atoms with Crippen molar-refractivity contribution in [3.8, 4) is 23.0 Å². The molecule has 4 heteroatoms. The monoisotopic (exact) mass is 450 g/mol. The van der Waals surface area contributed by atoms with Crippen molar-refractivity contribution in [1.82, 2.24) is 5.32 Å². The van der Waals surface area contributed by atoms with Crippen LogP contribution in [-0.2, 0) is 4.74 Å². The van der Waals surface area contributed by atoms with E-state index >= 15 is 0 Å². The first-order valence-electron chi connectivity index (χ1n) is 12.2. The lowest BCUT2D eigenvalue weighted by Gasteiger charge is -2.28. The molecule has 1 fully saturated rings. The second-order valence-electron chi connectivity index (χ2n) is 8.90. The third-order valence-corrected chi connectivity index (χ3v) is 6.66. The maximum absolute atomic E-state index is 12.3. The van der Waals surface area contributed by atoms with Gasteiger partial charge < -0.3 is 15.0 Å². The summed E-state index contributed by atoms with van der Waals surface area (Å²) in [5.41, 5.74) is 7.16. The molecule has 3 aromatic carbocycles. The van der Waals surface area contributed by atoms with E-state index in [9.17, 15) is 4.79 Å². The summed E-state index contributed by atoms with van der Waals surface area (Å²) in [5.74, 6) is 6.47. The fourth-order valence-corrected chi connectivity index (χ4v) is 4.97. The summed E-state index contributed by atoms with van der Waals surface area (Å²) in [5, 5.41) is 2.83. The van der Waals surface area contributed by atoms with E-state index in [1.165, 1.54) is 47.2 Å². The maximum atomic E-state index is 12.3. The highest BCUT2D eigenvalue weighted by Gasteiger charge is 2.28. The molecule has 1 N–H and O–H groups in total. The summed E-state index contributed by atoms with van der Waals surface area (Å²) in [6.07, 6.45) is 4.04. The number of carbonyl (C=O) groups excluding carboxylic acids is 1. The molecule has 3 aromatic rings. The van der Waals surface area contributed by atoms with Crippen molar-refractivity contribution >= 4 is 11.8 Å². The van der Waals surface area contributed by atoms with Gasteiger partial charge in [0.25, 0.3) is 0 Å². The molecule has 1 aliphatic carbocycles. The van der Waals surface area contributed by atoms with Crippen LogP contribution in [0.5, 0.6) is 0 Å². The van der Waals surface area contributed by atoms with Gasteiger partial charge in [-0.3, -0.25) is 0 Å². The molecule has 0 saturated carbocycles. The van der Waals surface area contributed by atoms with Crippen molar-refractivity contribution in [2.24, 2.45) is 0 Å². The minimum Gasteiger partial charge on any atom is -0.449 e. The average molecular weight is 451 g/mol. The number of ether oxygens (including phenoxy) is 1. The van der Waals surface area contributed by atoms with Crippen LogP contribution in [0.3, 0.4) is 0 Å². The predicted molar refractivity (Wildman–Crippen MR) is 137 cm³/mol. The van der Waals surface area contributed by atoms with Gasteiger partial charge in [0, 0.05) is 43.2 Å². The third-order valence-electron chi connectivity index (χ3n) is 6.66. The van der Waals surface area contributed by atoms with E-state index in [2.05, 4.69) is 76.7 Å². The van der Waals surface area contributed by atoms with Crippen LogP contribution >= 0.6 is 0 Å². The van der Waals surface area contributed by atoms with Crippen LogP contribution in [0, 0.1) is 11.8 Å². The summed E-state index contributed by atoms with van der Waals surface area (Å²) >= 11 is 0. The Morgan fingerprint density at radius 3 is 2.35 bits per heavy atom. The number of fused-ring (bicyclic) bond motifs is 3. The Bertz CT molecular complexity index is 1170. The number of anilines is 1. The molecule has 0 unspecified atom stereocenters. The Kier molecular flexibility index (Phi) is 6.81. The molecule has 0 bridgehead atoms. The highest BCUT2D eigenvalue weighted by molar-refractivity contribution is 5.79. The quantitative estimate of drug-likeness (QED) is 0.385. The number of benzene rings is 3. The Labute approximate surface area is 201 Å². The van der Waals surface area contributed by atoms with E-state index in [0.717, 1.165) is 18.7 Å². The van der Waals surface area contributed by atoms with Crippen molar-refractivity contribution in [2.45, 2.75) is 31.6 Å². The van der Waals surface area contributed by atoms with Crippen LogP contribution in [0.1, 0.15) is 48.3 Å². The number of hydrogen-bond donors (Lipinski definition) is 1. The number of nitrogens with zero attached hydrogens (tertiary/aromatic N) is 1. The standard InChI is InChI=1S/C30H30N2O2/c33-30(34-22-29-27-16-4-2-14-25(27)26-15-3-5-17-28(26)29)31-18-7-6-11-23-12-10-13-24(21-23)32-19-8-1-9-20-32/h2-5,10,12-17,21,29H,1,7-9,18-20,22H2,(H,31,33). The SMILES string of the molecule is O=C(NCCC#Cc1cccc(N2CCCCC2)c1)OCC1c2ccccc2-c2ccccc21. The van der Waals surface area contributed by atoms with Gasteiger partial charge in [-0.05, 0) is 59.7 Å². The molecule has 1 heterocycles. The molecule has 1 aliphatic heterocycles. The molecule has 1 amide bonds. The lowest BCUT2D eigenvalue weighted by atomic mass is 9.98. The Hall–Kier alpha value is -3.71. The van der Waals surface area contributed by atoms with Crippen molar-refractivity contribution in [3.63, 3.8) is 0 Å². The third kappa shape index (κ3) is 4.94. The molecular formula is C30H30N2O2. The highest BCUT2D eigenvalue weighted by atomic mass is 16.5. The van der Waals surface area contributed by atoms with E-state index in [4.69, 9.17) is 4.74 Å². The molecule has 1 saturated heterocycles. The lowest BCUT2D eigenvalue weighted by Crippen LogP contribution is -2.29. The lowest BCUT2D eigenvalue weighted by molar-refractivity contribution is 0.143. The molecule has 0 atom stereocenters. The summed E-state index contributed by atoms with van der Waals surface area (Å²) in [4.78, 5) is 14.7. The molecule has 0 spiro atoms. The van der Waals surface area contributed by atoms with E-state index in [-0.39, 0.29) is 5.92 Å². The van der Waals surface area contributed by atoms with Crippen LogP contribution in [0.2, 0.25) is 0 Å². The van der Waals surface area contributed by atoms with Gasteiger partial charge >= 0.3 is 6.09 Å². The van der Waals surface area contributed by atoms with Crippen molar-refractivity contribution < 1.29 is 9.53 Å². The van der Waals surface area contributed by atoms with Gasteiger partial charge in [-0.2, -0.15) is 0 Å². The molecule has 5 rings (SSSR count). The number of nitrogens with one attached hydrogen (secondary N) is 1. The molecule has 34 heavy (non-hydrogen) atoms. The summed E-state index contributed by atoms with van der Waals surface area (Å²) < 4.78 is 5.58. The van der Waals surface area contributed by atoms with Crippen LogP contribution in [0.4, 0.5) is 10.5 Å². The van der Waals surface area contributed by atoms with Crippen molar-refractivity contribution in [2.75, 3.05) is 31.1 Å². The minimum atomic E-state index is -0.393. The summed E-state index contributed by atoms with van der Waals surface area (Å²) in [6, 6.07) is 25.1. The van der Waals surface area contributed by atoms with E-state index in [1.54, 1.807) is 0 Å². The zero-order chi connectivity index (χ0) is 23.2. The molecule has 0 aromatic heterocycles. The first-order chi connectivity index (χ1) is 16.8. The smallest absolute Gasteiger partial charge is 0.407 e. The second kappa shape index (κ2) is 10.5. The summed E-state index contributed by atoms with van der Waals surface area (Å²) in [7, 11) is 0. The van der Waals surface area contributed by atoms with Crippen LogP contribution < -0.4 is 10.2 Å². The summed E-state index contributed by atoms with van der Waals surface area (Å²) in [6.45, 7) is 3.05. The van der Waals surface area contributed by atoms with Crippen LogP contribution in [0.15, 0.2) is 72.8 Å². The molecular weight excluding hydrogens is 420 g/mol. The van der Waals surface area contributed by atoms with Gasteiger partial charge in [0.15, 0.2) is 0 Å². The number of alkyl carbamates (subject to hydrolysis) is 1. The zero-order valence-electron chi connectivity index (χ0n) is 19.4. The maximum Gasteiger partial charge on any atom is 0.407 e. The fourth-order valence-electron chi connectivity index (χ4n) is 4.97. The predicted octanol–water partition coefficient (Wildman–Crippen LogP) is 5.96. The first-order valence-corrected chi connectivity index (χ1v) is 12.2. The van der Waals surface area contributed by atoms with Gasteiger partial charge in [0.1, 0.15) is 6.61 Å². The Morgan fingerprint density at radius 1 is 0.912 bits per heavy atom. The average Bonchev–Trinajstić information content (AvgIpc) is 3.22. The van der Waals surface area contributed by atoms with Gasteiger partial charge in [0.2, 0.25) is 0 Å². The van der Waals surface area contributed by atoms with E-state index in [0.29, 0.717) is 19.6 Å². The normalized spacial score (nSPS) is 14.5. The fraction of sp³-hybridized carbons (Fsp3) is 0.300. The van der Waals surface area contributed by atoms with Crippen LogP contribution in [-0.4, -0.2) is 32.3 Å². The van der Waals surface area contributed by atoms with Crippen molar-refractivity contribution in [1.29, 1.82) is 0 Å².